The number of ether oxygens (including phenoxy) is 2. The molecule has 0 atom stereocenters. The fourth-order valence-electron chi connectivity index (χ4n) is 2.35. The highest BCUT2D eigenvalue weighted by molar-refractivity contribution is 6.33. The molecule has 0 spiro atoms. The summed E-state index contributed by atoms with van der Waals surface area (Å²) in [5, 5.41) is 18.8. The molecule has 8 nitrogen and oxygen atoms in total. The van der Waals surface area contributed by atoms with Crippen LogP contribution in [0.5, 0.6) is 11.6 Å². The van der Waals surface area contributed by atoms with E-state index in [1.165, 1.54) is 18.2 Å². The first-order valence-corrected chi connectivity index (χ1v) is 8.59. The Kier molecular flexibility index (Phi) is 5.81. The van der Waals surface area contributed by atoms with Gasteiger partial charge in [0, 0.05) is 23.8 Å². The standard InChI is InChI=1S/C19H14ClN3O5/c1-2-27-14-6-3-12(4-7-14)17-9-10-18(22-21-17)28-19(24)15-11-13(23(25)26)5-8-16(15)20/h3-11H,2H2,1H3. The van der Waals surface area contributed by atoms with Gasteiger partial charge in [0.1, 0.15) is 5.75 Å². The van der Waals surface area contributed by atoms with Crippen LogP contribution in [0, 0.1) is 10.1 Å². The van der Waals surface area contributed by atoms with Gasteiger partial charge < -0.3 is 9.47 Å². The zero-order valence-corrected chi connectivity index (χ0v) is 15.4. The summed E-state index contributed by atoms with van der Waals surface area (Å²) in [5.74, 6) is -0.169. The first kappa shape index (κ1) is 19.2. The van der Waals surface area contributed by atoms with Crippen LogP contribution in [0.25, 0.3) is 11.3 Å². The molecule has 0 aliphatic rings. The Balaban J connectivity index is 1.74. The maximum Gasteiger partial charge on any atom is 0.346 e. The van der Waals surface area contributed by atoms with E-state index in [1.807, 2.05) is 31.2 Å². The average molecular weight is 400 g/mol. The number of carbonyl (C=O) groups excluding carboxylic acids is 1. The molecule has 0 aliphatic carbocycles. The number of esters is 1. The molecule has 9 heteroatoms. The van der Waals surface area contributed by atoms with Crippen LogP contribution in [0.3, 0.4) is 0 Å². The Morgan fingerprint density at radius 2 is 1.86 bits per heavy atom. The summed E-state index contributed by atoms with van der Waals surface area (Å²) < 4.78 is 10.5. The zero-order valence-electron chi connectivity index (χ0n) is 14.7. The number of nitro benzene ring substituents is 1. The molecule has 0 bridgehead atoms. The second-order valence-electron chi connectivity index (χ2n) is 5.52. The molecule has 1 aromatic heterocycles. The molecule has 2 aromatic carbocycles. The second-order valence-corrected chi connectivity index (χ2v) is 5.93. The molecule has 28 heavy (non-hydrogen) atoms. The third kappa shape index (κ3) is 4.41. The summed E-state index contributed by atoms with van der Waals surface area (Å²) in [6.45, 7) is 2.48. The van der Waals surface area contributed by atoms with Crippen LogP contribution in [0.2, 0.25) is 5.02 Å². The van der Waals surface area contributed by atoms with Crippen molar-refractivity contribution in [2.24, 2.45) is 0 Å². The summed E-state index contributed by atoms with van der Waals surface area (Å²) in [5.41, 5.74) is 0.994. The molecule has 0 saturated heterocycles. The van der Waals surface area contributed by atoms with E-state index in [9.17, 15) is 14.9 Å². The highest BCUT2D eigenvalue weighted by Gasteiger charge is 2.18. The van der Waals surface area contributed by atoms with E-state index in [-0.39, 0.29) is 22.2 Å². The van der Waals surface area contributed by atoms with Gasteiger partial charge in [0.05, 0.1) is 27.8 Å². The number of hydrogen-bond acceptors (Lipinski definition) is 7. The second kappa shape index (κ2) is 8.45. The van der Waals surface area contributed by atoms with Gasteiger partial charge in [-0.15, -0.1) is 10.2 Å². The smallest absolute Gasteiger partial charge is 0.346 e. The van der Waals surface area contributed by atoms with E-state index in [1.54, 1.807) is 6.07 Å². The third-order valence-electron chi connectivity index (χ3n) is 3.68. The molecule has 3 rings (SSSR count). The van der Waals surface area contributed by atoms with Gasteiger partial charge in [-0.3, -0.25) is 10.1 Å². The number of nitrogens with zero attached hydrogens (tertiary/aromatic N) is 3. The number of hydrogen-bond donors (Lipinski definition) is 0. The number of halogens is 1. The lowest BCUT2D eigenvalue weighted by atomic mass is 10.1. The first-order valence-electron chi connectivity index (χ1n) is 8.21. The van der Waals surface area contributed by atoms with E-state index >= 15 is 0 Å². The van der Waals surface area contributed by atoms with E-state index in [0.717, 1.165) is 17.4 Å². The molecule has 0 radical (unpaired) electrons. The maximum absolute atomic E-state index is 12.3. The Hall–Kier alpha value is -3.52. The average Bonchev–Trinajstić information content (AvgIpc) is 2.69. The van der Waals surface area contributed by atoms with Gasteiger partial charge in [-0.1, -0.05) is 11.6 Å². The number of carbonyl (C=O) groups is 1. The molecule has 0 amide bonds. The van der Waals surface area contributed by atoms with Crippen LogP contribution >= 0.6 is 11.6 Å². The fourth-order valence-corrected chi connectivity index (χ4v) is 2.54. The van der Waals surface area contributed by atoms with Crippen molar-refractivity contribution in [1.29, 1.82) is 0 Å². The van der Waals surface area contributed by atoms with Crippen LogP contribution in [0.4, 0.5) is 5.69 Å². The van der Waals surface area contributed by atoms with Crippen LogP contribution in [-0.2, 0) is 0 Å². The summed E-state index contributed by atoms with van der Waals surface area (Å²) in [4.78, 5) is 22.5. The van der Waals surface area contributed by atoms with Gasteiger partial charge in [-0.2, -0.15) is 0 Å². The van der Waals surface area contributed by atoms with Crippen molar-refractivity contribution in [2.45, 2.75) is 6.92 Å². The monoisotopic (exact) mass is 399 g/mol. The summed E-state index contributed by atoms with van der Waals surface area (Å²) in [7, 11) is 0. The van der Waals surface area contributed by atoms with Crippen molar-refractivity contribution >= 4 is 23.3 Å². The van der Waals surface area contributed by atoms with Crippen molar-refractivity contribution in [2.75, 3.05) is 6.61 Å². The summed E-state index contributed by atoms with van der Waals surface area (Å²) >= 11 is 5.93. The van der Waals surface area contributed by atoms with Crippen LogP contribution < -0.4 is 9.47 Å². The molecule has 0 aliphatic heterocycles. The maximum atomic E-state index is 12.3. The van der Waals surface area contributed by atoms with E-state index < -0.39 is 10.9 Å². The highest BCUT2D eigenvalue weighted by atomic mass is 35.5. The van der Waals surface area contributed by atoms with Crippen molar-refractivity contribution in [3.05, 3.63) is 75.3 Å². The number of nitro groups is 1. The molecule has 0 N–H and O–H groups in total. The van der Waals surface area contributed by atoms with Crippen molar-refractivity contribution in [3.63, 3.8) is 0 Å². The summed E-state index contributed by atoms with van der Waals surface area (Å²) in [6.07, 6.45) is 0. The van der Waals surface area contributed by atoms with E-state index in [2.05, 4.69) is 10.2 Å². The van der Waals surface area contributed by atoms with Crippen LogP contribution in [0.1, 0.15) is 17.3 Å². The SMILES string of the molecule is CCOc1ccc(-c2ccc(OC(=O)c3cc([N+](=O)[O-])ccc3Cl)nn2)cc1. The van der Waals surface area contributed by atoms with E-state index in [0.29, 0.717) is 12.3 Å². The number of rotatable bonds is 6. The largest absolute Gasteiger partial charge is 0.494 e. The van der Waals surface area contributed by atoms with Crippen molar-refractivity contribution in [1.82, 2.24) is 10.2 Å². The van der Waals surface area contributed by atoms with Gasteiger partial charge in [0.15, 0.2) is 0 Å². The number of benzene rings is 2. The molecular weight excluding hydrogens is 386 g/mol. The molecule has 0 unspecified atom stereocenters. The number of non-ortho nitro benzene ring substituents is 1. The number of aromatic nitrogens is 2. The fraction of sp³-hybridized carbons (Fsp3) is 0.105. The van der Waals surface area contributed by atoms with Gasteiger partial charge in [-0.05, 0) is 43.3 Å². The van der Waals surface area contributed by atoms with Gasteiger partial charge in [0.2, 0.25) is 5.88 Å². The molecule has 1 heterocycles. The molecule has 0 saturated carbocycles. The van der Waals surface area contributed by atoms with Crippen molar-refractivity contribution in [3.8, 4) is 22.9 Å². The van der Waals surface area contributed by atoms with E-state index in [4.69, 9.17) is 21.1 Å². The van der Waals surface area contributed by atoms with Gasteiger partial charge >= 0.3 is 5.97 Å². The third-order valence-corrected chi connectivity index (χ3v) is 4.01. The molecular formula is C19H14ClN3O5. The minimum atomic E-state index is -0.864. The minimum absolute atomic E-state index is 0.0366. The zero-order chi connectivity index (χ0) is 20.1. The Morgan fingerprint density at radius 3 is 2.46 bits per heavy atom. The van der Waals surface area contributed by atoms with Gasteiger partial charge in [0.25, 0.3) is 5.69 Å². The Bertz CT molecular complexity index is 1010. The van der Waals surface area contributed by atoms with Crippen LogP contribution in [0.15, 0.2) is 54.6 Å². The normalized spacial score (nSPS) is 10.4. The lowest BCUT2D eigenvalue weighted by Crippen LogP contribution is -2.11. The lowest BCUT2D eigenvalue weighted by molar-refractivity contribution is -0.384. The molecule has 0 fully saturated rings. The first-order chi connectivity index (χ1) is 13.5. The Morgan fingerprint density at radius 1 is 1.11 bits per heavy atom. The predicted octanol–water partition coefficient (Wildman–Crippen LogP) is 4.32. The predicted molar refractivity (Wildman–Crippen MR) is 102 cm³/mol. The quantitative estimate of drug-likeness (QED) is 0.345. The minimum Gasteiger partial charge on any atom is -0.494 e. The highest BCUT2D eigenvalue weighted by Crippen LogP contribution is 2.24. The van der Waals surface area contributed by atoms with Crippen LogP contribution in [-0.4, -0.2) is 27.7 Å². The molecule has 3 aromatic rings. The van der Waals surface area contributed by atoms with Gasteiger partial charge in [-0.25, -0.2) is 4.79 Å². The summed E-state index contributed by atoms with van der Waals surface area (Å²) in [6, 6.07) is 13.9. The topological polar surface area (TPSA) is 104 Å². The molecule has 142 valence electrons. The van der Waals surface area contributed by atoms with Crippen molar-refractivity contribution < 1.29 is 19.2 Å². The Labute approximate surface area is 164 Å². The lowest BCUT2D eigenvalue weighted by Gasteiger charge is -2.06.